The summed E-state index contributed by atoms with van der Waals surface area (Å²) in [5, 5.41) is 2.74. The molecule has 0 radical (unpaired) electrons. The van der Waals surface area contributed by atoms with Crippen LogP contribution in [0.4, 0.5) is 0 Å². The lowest BCUT2D eigenvalue weighted by atomic mass is 10.2. The molecule has 0 fully saturated rings. The molecular weight excluding hydrogens is 344 g/mol. The van der Waals surface area contributed by atoms with E-state index in [0.717, 1.165) is 0 Å². The highest BCUT2D eigenvalue weighted by molar-refractivity contribution is 9.10. The van der Waals surface area contributed by atoms with Gasteiger partial charge in [0, 0.05) is 24.0 Å². The molecule has 0 aromatic heterocycles. The first kappa shape index (κ1) is 17.1. The second-order valence-electron chi connectivity index (χ2n) is 4.80. The van der Waals surface area contributed by atoms with Crippen LogP contribution in [0.25, 0.3) is 0 Å². The predicted molar refractivity (Wildman–Crippen MR) is 81.8 cm³/mol. The summed E-state index contributed by atoms with van der Waals surface area (Å²) < 4.78 is 27.0. The number of carbonyl (C=O) groups is 1. The standard InChI is InChI=1S/C13H19BrN2O3S/c1-10(2)9-15-13(17)6-7-16-20(18,19)12-5-3-4-11(14)8-12/h3-5,8,10,16H,6-7,9H2,1-2H3,(H,15,17). The first-order valence-electron chi connectivity index (χ1n) is 6.33. The van der Waals surface area contributed by atoms with E-state index in [0.29, 0.717) is 16.9 Å². The molecule has 0 saturated carbocycles. The Morgan fingerprint density at radius 1 is 1.35 bits per heavy atom. The normalized spacial score (nSPS) is 11.6. The van der Waals surface area contributed by atoms with Gasteiger partial charge in [-0.05, 0) is 24.1 Å². The summed E-state index contributed by atoms with van der Waals surface area (Å²) in [6.45, 7) is 4.67. The fraction of sp³-hybridized carbons (Fsp3) is 0.462. The topological polar surface area (TPSA) is 75.3 Å². The molecule has 0 aliphatic heterocycles. The second-order valence-corrected chi connectivity index (χ2v) is 7.49. The Labute approximate surface area is 128 Å². The fourth-order valence-electron chi connectivity index (χ4n) is 1.42. The largest absolute Gasteiger partial charge is 0.356 e. The van der Waals surface area contributed by atoms with E-state index in [1.807, 2.05) is 13.8 Å². The lowest BCUT2D eigenvalue weighted by molar-refractivity contribution is -0.121. The second kappa shape index (κ2) is 7.75. The van der Waals surface area contributed by atoms with E-state index >= 15 is 0 Å². The van der Waals surface area contributed by atoms with Crippen LogP contribution in [0, 0.1) is 5.92 Å². The third-order valence-corrected chi connectivity index (χ3v) is 4.41. The van der Waals surface area contributed by atoms with Crippen LogP contribution in [0.5, 0.6) is 0 Å². The van der Waals surface area contributed by atoms with E-state index < -0.39 is 10.0 Å². The van der Waals surface area contributed by atoms with Crippen molar-refractivity contribution < 1.29 is 13.2 Å². The molecule has 0 heterocycles. The number of hydrogen-bond acceptors (Lipinski definition) is 3. The molecule has 0 aliphatic carbocycles. The van der Waals surface area contributed by atoms with Crippen molar-refractivity contribution in [2.45, 2.75) is 25.2 Å². The van der Waals surface area contributed by atoms with E-state index in [4.69, 9.17) is 0 Å². The minimum atomic E-state index is -3.57. The van der Waals surface area contributed by atoms with Crippen LogP contribution in [0.1, 0.15) is 20.3 Å². The van der Waals surface area contributed by atoms with Crippen molar-refractivity contribution in [3.05, 3.63) is 28.7 Å². The predicted octanol–water partition coefficient (Wildman–Crippen LogP) is 1.89. The van der Waals surface area contributed by atoms with E-state index in [2.05, 4.69) is 26.0 Å². The maximum Gasteiger partial charge on any atom is 0.240 e. The van der Waals surface area contributed by atoms with Crippen LogP contribution in [0.3, 0.4) is 0 Å². The molecular formula is C13H19BrN2O3S. The fourth-order valence-corrected chi connectivity index (χ4v) is 3.05. The summed E-state index contributed by atoms with van der Waals surface area (Å²) in [6.07, 6.45) is 0.125. The summed E-state index contributed by atoms with van der Waals surface area (Å²) >= 11 is 3.22. The molecule has 20 heavy (non-hydrogen) atoms. The maximum atomic E-state index is 12.0. The van der Waals surface area contributed by atoms with Crippen molar-refractivity contribution in [1.82, 2.24) is 10.0 Å². The highest BCUT2D eigenvalue weighted by Crippen LogP contribution is 2.15. The van der Waals surface area contributed by atoms with Crippen LogP contribution < -0.4 is 10.0 Å². The molecule has 0 unspecified atom stereocenters. The number of carbonyl (C=O) groups excluding carboxylic acids is 1. The Balaban J connectivity index is 2.47. The SMILES string of the molecule is CC(C)CNC(=O)CCNS(=O)(=O)c1cccc(Br)c1. The van der Waals surface area contributed by atoms with Crippen LogP contribution >= 0.6 is 15.9 Å². The first-order valence-corrected chi connectivity index (χ1v) is 8.61. The van der Waals surface area contributed by atoms with Crippen LogP contribution in [-0.4, -0.2) is 27.4 Å². The molecule has 1 amide bonds. The molecule has 1 aromatic rings. The number of benzene rings is 1. The third-order valence-electron chi connectivity index (χ3n) is 2.46. The van der Waals surface area contributed by atoms with Gasteiger partial charge in [0.2, 0.25) is 15.9 Å². The molecule has 0 spiro atoms. The zero-order chi connectivity index (χ0) is 15.2. The summed E-state index contributed by atoms with van der Waals surface area (Å²) in [5.41, 5.74) is 0. The van der Waals surface area contributed by atoms with Gasteiger partial charge in [0.05, 0.1) is 4.90 Å². The smallest absolute Gasteiger partial charge is 0.240 e. The monoisotopic (exact) mass is 362 g/mol. The van der Waals surface area contributed by atoms with Crippen LogP contribution in [0.2, 0.25) is 0 Å². The average molecular weight is 363 g/mol. The van der Waals surface area contributed by atoms with E-state index in [1.165, 1.54) is 12.1 Å². The van der Waals surface area contributed by atoms with Gasteiger partial charge >= 0.3 is 0 Å². The Bertz CT molecular complexity index is 558. The van der Waals surface area contributed by atoms with Crippen molar-refractivity contribution in [3.8, 4) is 0 Å². The number of sulfonamides is 1. The van der Waals surface area contributed by atoms with Gasteiger partial charge in [0.25, 0.3) is 0 Å². The van der Waals surface area contributed by atoms with Crippen molar-refractivity contribution in [3.63, 3.8) is 0 Å². The third kappa shape index (κ3) is 6.02. The molecule has 0 bridgehead atoms. The average Bonchev–Trinajstić information content (AvgIpc) is 2.36. The van der Waals surface area contributed by atoms with Gasteiger partial charge in [-0.15, -0.1) is 0 Å². The Morgan fingerprint density at radius 2 is 2.05 bits per heavy atom. The molecule has 2 N–H and O–H groups in total. The van der Waals surface area contributed by atoms with E-state index in [1.54, 1.807) is 12.1 Å². The first-order chi connectivity index (χ1) is 9.31. The molecule has 1 aromatic carbocycles. The molecule has 0 saturated heterocycles. The number of hydrogen-bond donors (Lipinski definition) is 2. The minimum absolute atomic E-state index is 0.0821. The van der Waals surface area contributed by atoms with Gasteiger partial charge in [0.1, 0.15) is 0 Å². The highest BCUT2D eigenvalue weighted by atomic mass is 79.9. The molecule has 1 rings (SSSR count). The van der Waals surface area contributed by atoms with Gasteiger partial charge in [0.15, 0.2) is 0 Å². The molecule has 7 heteroatoms. The van der Waals surface area contributed by atoms with Gasteiger partial charge in [-0.3, -0.25) is 4.79 Å². The number of nitrogens with one attached hydrogen (secondary N) is 2. The molecule has 0 atom stereocenters. The summed E-state index contributed by atoms with van der Waals surface area (Å²) in [4.78, 5) is 11.6. The van der Waals surface area contributed by atoms with Gasteiger partial charge in [-0.25, -0.2) is 13.1 Å². The molecule has 112 valence electrons. The summed E-state index contributed by atoms with van der Waals surface area (Å²) in [6, 6.07) is 6.42. The van der Waals surface area contributed by atoms with Crippen molar-refractivity contribution in [1.29, 1.82) is 0 Å². The zero-order valence-corrected chi connectivity index (χ0v) is 13.9. The lowest BCUT2D eigenvalue weighted by Crippen LogP contribution is -2.32. The quantitative estimate of drug-likeness (QED) is 0.777. The van der Waals surface area contributed by atoms with Crippen molar-refractivity contribution >= 4 is 31.9 Å². The molecule has 0 aliphatic rings. The summed E-state index contributed by atoms with van der Waals surface area (Å²) in [7, 11) is -3.57. The van der Waals surface area contributed by atoms with E-state index in [-0.39, 0.29) is 23.8 Å². The van der Waals surface area contributed by atoms with Crippen LogP contribution in [-0.2, 0) is 14.8 Å². The Hall–Kier alpha value is -0.920. The van der Waals surface area contributed by atoms with Crippen molar-refractivity contribution in [2.24, 2.45) is 5.92 Å². The van der Waals surface area contributed by atoms with Gasteiger partial charge in [-0.1, -0.05) is 35.8 Å². The lowest BCUT2D eigenvalue weighted by Gasteiger charge is -2.09. The number of halogens is 1. The van der Waals surface area contributed by atoms with Gasteiger partial charge < -0.3 is 5.32 Å². The van der Waals surface area contributed by atoms with Crippen molar-refractivity contribution in [2.75, 3.05) is 13.1 Å². The van der Waals surface area contributed by atoms with Gasteiger partial charge in [-0.2, -0.15) is 0 Å². The van der Waals surface area contributed by atoms with E-state index in [9.17, 15) is 13.2 Å². The number of amides is 1. The number of rotatable bonds is 7. The Kier molecular flexibility index (Phi) is 6.64. The van der Waals surface area contributed by atoms with Crippen LogP contribution in [0.15, 0.2) is 33.6 Å². The zero-order valence-electron chi connectivity index (χ0n) is 11.5. The summed E-state index contributed by atoms with van der Waals surface area (Å²) in [5.74, 6) is 0.216. The minimum Gasteiger partial charge on any atom is -0.356 e. The maximum absolute atomic E-state index is 12.0. The Morgan fingerprint density at radius 3 is 2.65 bits per heavy atom. The molecule has 5 nitrogen and oxygen atoms in total. The highest BCUT2D eigenvalue weighted by Gasteiger charge is 2.14.